The number of nitrogens with one attached hydrogen (secondary N) is 1. The Balaban J connectivity index is 1.96. The Kier molecular flexibility index (Phi) is 5.26. The van der Waals surface area contributed by atoms with Crippen LogP contribution in [-0.2, 0) is 4.79 Å². The fourth-order valence-corrected chi connectivity index (χ4v) is 3.12. The molecule has 2 nitrogen and oxygen atoms in total. The van der Waals surface area contributed by atoms with Gasteiger partial charge in [0.15, 0.2) is 0 Å². The fraction of sp³-hybridized carbons (Fsp3) is 0.562. The molecule has 1 aromatic carbocycles. The predicted octanol–water partition coefficient (Wildman–Crippen LogP) is 4.05. The molecule has 0 saturated heterocycles. The Labute approximate surface area is 120 Å². The maximum atomic E-state index is 12.2. The van der Waals surface area contributed by atoms with E-state index in [0.717, 1.165) is 18.4 Å². The lowest BCUT2D eigenvalue weighted by Gasteiger charge is -2.32. The molecule has 1 aromatic rings. The highest BCUT2D eigenvalue weighted by molar-refractivity contribution is 6.30. The van der Waals surface area contributed by atoms with Crippen molar-refractivity contribution >= 4 is 17.5 Å². The number of carbonyl (C=O) groups is 1. The normalized spacial score (nSPS) is 24.7. The highest BCUT2D eigenvalue weighted by atomic mass is 35.5. The van der Waals surface area contributed by atoms with Gasteiger partial charge < -0.3 is 5.32 Å². The largest absolute Gasteiger partial charge is 0.352 e. The van der Waals surface area contributed by atoms with Gasteiger partial charge in [0.25, 0.3) is 0 Å². The van der Waals surface area contributed by atoms with Gasteiger partial charge in [-0.1, -0.05) is 56.5 Å². The summed E-state index contributed by atoms with van der Waals surface area (Å²) in [5.41, 5.74) is 0.866. The van der Waals surface area contributed by atoms with Gasteiger partial charge in [-0.2, -0.15) is 0 Å². The third kappa shape index (κ3) is 3.73. The van der Waals surface area contributed by atoms with E-state index in [-0.39, 0.29) is 5.91 Å². The van der Waals surface area contributed by atoms with Crippen molar-refractivity contribution in [2.45, 2.75) is 50.4 Å². The van der Waals surface area contributed by atoms with Crippen LogP contribution in [-0.4, -0.2) is 11.9 Å². The molecular formula is C16H22ClNO. The summed E-state index contributed by atoms with van der Waals surface area (Å²) in [6.07, 6.45) is 5.93. The number of hydrogen-bond acceptors (Lipinski definition) is 1. The van der Waals surface area contributed by atoms with Crippen molar-refractivity contribution < 1.29 is 4.79 Å². The number of rotatable bonds is 4. The molecule has 0 aliphatic heterocycles. The van der Waals surface area contributed by atoms with Gasteiger partial charge in [-0.25, -0.2) is 0 Å². The van der Waals surface area contributed by atoms with Crippen molar-refractivity contribution in [3.05, 3.63) is 35.9 Å². The van der Waals surface area contributed by atoms with Crippen LogP contribution >= 0.6 is 11.6 Å². The van der Waals surface area contributed by atoms with E-state index < -0.39 is 5.38 Å². The summed E-state index contributed by atoms with van der Waals surface area (Å²) in [6.45, 7) is 2.20. The molecule has 0 bridgehead atoms. The SMILES string of the molecule is CCC1CCCCC1NC(=O)C(Cl)c1ccccc1. The van der Waals surface area contributed by atoms with E-state index in [0.29, 0.717) is 12.0 Å². The van der Waals surface area contributed by atoms with E-state index in [9.17, 15) is 4.79 Å². The minimum absolute atomic E-state index is 0.0572. The van der Waals surface area contributed by atoms with Crippen LogP contribution in [0.3, 0.4) is 0 Å². The number of amides is 1. The average molecular weight is 280 g/mol. The molecule has 1 aliphatic rings. The highest BCUT2D eigenvalue weighted by Gasteiger charge is 2.27. The van der Waals surface area contributed by atoms with E-state index in [1.54, 1.807) is 0 Å². The Morgan fingerprint density at radius 2 is 2.00 bits per heavy atom. The number of benzene rings is 1. The quantitative estimate of drug-likeness (QED) is 0.828. The van der Waals surface area contributed by atoms with Gasteiger partial charge in [-0.3, -0.25) is 4.79 Å². The summed E-state index contributed by atoms with van der Waals surface area (Å²) in [6, 6.07) is 9.85. The van der Waals surface area contributed by atoms with Gasteiger partial charge in [-0.05, 0) is 24.3 Å². The van der Waals surface area contributed by atoms with Crippen molar-refractivity contribution in [3.8, 4) is 0 Å². The second-order valence-corrected chi connectivity index (χ2v) is 5.78. The minimum Gasteiger partial charge on any atom is -0.352 e. The Morgan fingerprint density at radius 3 is 2.68 bits per heavy atom. The molecule has 19 heavy (non-hydrogen) atoms. The topological polar surface area (TPSA) is 29.1 Å². The first-order valence-corrected chi connectivity index (χ1v) is 7.65. The van der Waals surface area contributed by atoms with Crippen LogP contribution in [0.2, 0.25) is 0 Å². The molecule has 3 heteroatoms. The van der Waals surface area contributed by atoms with Crippen molar-refractivity contribution in [2.24, 2.45) is 5.92 Å². The molecule has 1 saturated carbocycles. The lowest BCUT2D eigenvalue weighted by Crippen LogP contribution is -2.43. The monoisotopic (exact) mass is 279 g/mol. The maximum Gasteiger partial charge on any atom is 0.242 e. The third-order valence-electron chi connectivity index (χ3n) is 4.08. The standard InChI is InChI=1S/C16H22ClNO/c1-2-12-8-6-7-11-14(12)18-16(19)15(17)13-9-4-3-5-10-13/h3-5,9-10,12,14-15H,2,6-8,11H2,1H3,(H,18,19). The molecule has 1 aliphatic carbocycles. The summed E-state index contributed by atoms with van der Waals surface area (Å²) in [7, 11) is 0. The van der Waals surface area contributed by atoms with Gasteiger partial charge in [0.2, 0.25) is 5.91 Å². The van der Waals surface area contributed by atoms with Crippen molar-refractivity contribution in [3.63, 3.8) is 0 Å². The first-order chi connectivity index (χ1) is 9.22. The van der Waals surface area contributed by atoms with E-state index >= 15 is 0 Å². The zero-order valence-corrected chi connectivity index (χ0v) is 12.2. The highest BCUT2D eigenvalue weighted by Crippen LogP contribution is 2.28. The van der Waals surface area contributed by atoms with Crippen LogP contribution in [0.25, 0.3) is 0 Å². The molecule has 3 atom stereocenters. The molecule has 104 valence electrons. The third-order valence-corrected chi connectivity index (χ3v) is 4.53. The first-order valence-electron chi connectivity index (χ1n) is 7.21. The summed E-state index contributed by atoms with van der Waals surface area (Å²) >= 11 is 6.25. The summed E-state index contributed by atoms with van der Waals surface area (Å²) < 4.78 is 0. The van der Waals surface area contributed by atoms with Crippen molar-refractivity contribution in [1.29, 1.82) is 0 Å². The zero-order valence-electron chi connectivity index (χ0n) is 11.4. The molecule has 3 unspecified atom stereocenters. The van der Waals surface area contributed by atoms with Crippen molar-refractivity contribution in [2.75, 3.05) is 0 Å². The molecule has 1 N–H and O–H groups in total. The molecule has 1 fully saturated rings. The van der Waals surface area contributed by atoms with Gasteiger partial charge in [0.05, 0.1) is 0 Å². The number of hydrogen-bond donors (Lipinski definition) is 1. The summed E-state index contributed by atoms with van der Waals surface area (Å²) in [5.74, 6) is 0.551. The lowest BCUT2D eigenvalue weighted by molar-refractivity contribution is -0.122. The molecule has 0 aromatic heterocycles. The van der Waals surface area contributed by atoms with Crippen LogP contribution in [0.1, 0.15) is 50.0 Å². The number of halogens is 1. The molecule has 2 rings (SSSR count). The van der Waals surface area contributed by atoms with Gasteiger partial charge in [-0.15, -0.1) is 11.6 Å². The minimum atomic E-state index is -0.583. The second kappa shape index (κ2) is 6.95. The first kappa shape index (κ1) is 14.4. The second-order valence-electron chi connectivity index (χ2n) is 5.34. The smallest absolute Gasteiger partial charge is 0.242 e. The Bertz CT molecular complexity index is 406. The van der Waals surface area contributed by atoms with Gasteiger partial charge >= 0.3 is 0 Å². The van der Waals surface area contributed by atoms with E-state index in [1.807, 2.05) is 30.3 Å². The molecule has 0 spiro atoms. The molecular weight excluding hydrogens is 258 g/mol. The van der Waals surface area contributed by atoms with Crippen molar-refractivity contribution in [1.82, 2.24) is 5.32 Å². The molecule has 1 amide bonds. The van der Waals surface area contributed by atoms with E-state index in [2.05, 4.69) is 12.2 Å². The van der Waals surface area contributed by atoms with Gasteiger partial charge in [0, 0.05) is 6.04 Å². The lowest BCUT2D eigenvalue weighted by atomic mass is 9.83. The average Bonchev–Trinajstić information content (AvgIpc) is 2.48. The van der Waals surface area contributed by atoms with Crippen LogP contribution in [0.15, 0.2) is 30.3 Å². The van der Waals surface area contributed by atoms with Crippen LogP contribution < -0.4 is 5.32 Å². The van der Waals surface area contributed by atoms with E-state index in [1.165, 1.54) is 19.3 Å². The summed E-state index contributed by atoms with van der Waals surface area (Å²) in [4.78, 5) is 12.2. The zero-order chi connectivity index (χ0) is 13.7. The summed E-state index contributed by atoms with van der Waals surface area (Å²) in [5, 5.41) is 2.56. The predicted molar refractivity (Wildman–Crippen MR) is 79.2 cm³/mol. The molecule has 0 heterocycles. The maximum absolute atomic E-state index is 12.2. The Morgan fingerprint density at radius 1 is 1.32 bits per heavy atom. The van der Waals surface area contributed by atoms with Gasteiger partial charge in [0.1, 0.15) is 5.38 Å². The van der Waals surface area contributed by atoms with Crippen LogP contribution in [0.4, 0.5) is 0 Å². The number of carbonyl (C=O) groups excluding carboxylic acids is 1. The fourth-order valence-electron chi connectivity index (χ4n) is 2.92. The van der Waals surface area contributed by atoms with Crippen LogP contribution in [0, 0.1) is 5.92 Å². The Hall–Kier alpha value is -1.02. The number of alkyl halides is 1. The van der Waals surface area contributed by atoms with Crippen LogP contribution in [0.5, 0.6) is 0 Å². The molecule has 0 radical (unpaired) electrons. The van der Waals surface area contributed by atoms with E-state index in [4.69, 9.17) is 11.6 Å².